The summed E-state index contributed by atoms with van der Waals surface area (Å²) in [6.45, 7) is 5.35. The van der Waals surface area contributed by atoms with E-state index in [0.717, 1.165) is 42.8 Å². The molecule has 252 valence electrons. The molecule has 2 aromatic carbocycles. The van der Waals surface area contributed by atoms with E-state index >= 15 is 0 Å². The topological polar surface area (TPSA) is 114 Å². The van der Waals surface area contributed by atoms with Gasteiger partial charge in [0, 0.05) is 48.5 Å². The van der Waals surface area contributed by atoms with Crippen molar-refractivity contribution >= 4 is 33.2 Å². The number of nitrogens with one attached hydrogen (secondary N) is 1. The first-order chi connectivity index (χ1) is 22.4. The van der Waals surface area contributed by atoms with Crippen molar-refractivity contribution in [1.82, 2.24) is 14.3 Å². The Balaban J connectivity index is 1.34. The van der Waals surface area contributed by atoms with E-state index in [0.29, 0.717) is 50.5 Å². The quantitative estimate of drug-likeness (QED) is 0.338. The highest BCUT2D eigenvalue weighted by Gasteiger charge is 2.51. The van der Waals surface area contributed by atoms with Crippen LogP contribution in [0.3, 0.4) is 0 Å². The summed E-state index contributed by atoms with van der Waals surface area (Å²) < 4.78 is 37.7. The van der Waals surface area contributed by atoms with Gasteiger partial charge >= 0.3 is 0 Å². The van der Waals surface area contributed by atoms with Crippen LogP contribution in [-0.4, -0.2) is 53.9 Å². The van der Waals surface area contributed by atoms with E-state index in [1.165, 1.54) is 11.1 Å². The highest BCUT2D eigenvalue weighted by Crippen LogP contribution is 2.51. The van der Waals surface area contributed by atoms with E-state index < -0.39 is 26.8 Å². The van der Waals surface area contributed by atoms with E-state index in [2.05, 4.69) is 26.7 Å². The molecule has 0 unspecified atom stereocenters. The normalized spacial score (nSPS) is 32.3. The Hall–Kier alpha value is -3.08. The van der Waals surface area contributed by atoms with Gasteiger partial charge in [-0.25, -0.2) is 18.1 Å². The van der Waals surface area contributed by atoms with Crippen LogP contribution in [0, 0.1) is 17.8 Å². The van der Waals surface area contributed by atoms with Gasteiger partial charge in [0.2, 0.25) is 10.0 Å². The summed E-state index contributed by atoms with van der Waals surface area (Å²) >= 11 is 6.44. The van der Waals surface area contributed by atoms with Crippen LogP contribution in [0.2, 0.25) is 5.02 Å². The summed E-state index contributed by atoms with van der Waals surface area (Å²) in [6, 6.07) is 11.4. The van der Waals surface area contributed by atoms with E-state index in [9.17, 15) is 18.3 Å². The standard InChI is InChI=1S/C36H45ClN4O5S/c1-23-6-4-15-36(43,34-38-16-17-40(34)3)30-11-8-27(30)20-41-21-35(14-5-7-25-18-28(37)10-12-29(25)35)22-46-32-13-9-26(19-31(32)41)33(42)39-47(44,45)24(23)2/h9-10,12-13,16-19,23-24,27,30,43H,4-8,11,14-15,20-22H2,1-3H3,(H,39,42)/t23-,24+,27-,30+,35-,36+/m0/s1. The molecule has 7 rings (SSSR count). The highest BCUT2D eigenvalue weighted by molar-refractivity contribution is 7.90. The zero-order valence-corrected chi connectivity index (χ0v) is 29.0. The molecule has 3 heterocycles. The van der Waals surface area contributed by atoms with Crippen LogP contribution < -0.4 is 14.4 Å². The number of anilines is 1. The molecule has 1 amide bonds. The number of hydrogen-bond donors (Lipinski definition) is 2. The van der Waals surface area contributed by atoms with Crippen LogP contribution in [-0.2, 0) is 34.5 Å². The Kier molecular flexibility index (Phi) is 8.36. The Labute approximate surface area is 282 Å². The van der Waals surface area contributed by atoms with Gasteiger partial charge < -0.3 is 19.3 Å². The molecular formula is C36H45ClN4O5S. The predicted octanol–water partition coefficient (Wildman–Crippen LogP) is 5.73. The van der Waals surface area contributed by atoms with Gasteiger partial charge in [-0.15, -0.1) is 0 Å². The molecule has 0 radical (unpaired) electrons. The zero-order chi connectivity index (χ0) is 33.1. The van der Waals surface area contributed by atoms with Crippen LogP contribution in [0.1, 0.15) is 86.1 Å². The average molecular weight is 681 g/mol. The molecule has 2 aliphatic heterocycles. The van der Waals surface area contributed by atoms with E-state index in [1.807, 2.05) is 30.8 Å². The molecule has 1 fully saturated rings. The molecule has 2 aliphatic carbocycles. The van der Waals surface area contributed by atoms with Crippen LogP contribution >= 0.6 is 11.6 Å². The Bertz CT molecular complexity index is 1800. The van der Waals surface area contributed by atoms with Gasteiger partial charge in [0.25, 0.3) is 5.91 Å². The minimum Gasteiger partial charge on any atom is -0.490 e. The fourth-order valence-electron chi connectivity index (χ4n) is 8.72. The Morgan fingerprint density at radius 2 is 1.91 bits per heavy atom. The van der Waals surface area contributed by atoms with E-state index in [4.69, 9.17) is 16.3 Å². The van der Waals surface area contributed by atoms with Crippen LogP contribution in [0.25, 0.3) is 0 Å². The van der Waals surface area contributed by atoms with E-state index in [-0.39, 0.29) is 28.7 Å². The summed E-state index contributed by atoms with van der Waals surface area (Å²) in [5, 5.41) is 12.5. The molecule has 9 nitrogen and oxygen atoms in total. The van der Waals surface area contributed by atoms with Gasteiger partial charge in [-0.3, -0.25) is 4.79 Å². The fourth-order valence-corrected chi connectivity index (χ4v) is 10.2. The molecule has 1 aromatic heterocycles. The number of sulfonamides is 1. The molecule has 1 spiro atoms. The number of halogens is 1. The number of benzene rings is 2. The van der Waals surface area contributed by atoms with Crippen molar-refractivity contribution in [1.29, 1.82) is 0 Å². The maximum atomic E-state index is 13.5. The number of ether oxygens (including phenoxy) is 1. The van der Waals surface area contributed by atoms with Gasteiger partial charge in [0.05, 0.1) is 17.5 Å². The van der Waals surface area contributed by atoms with Gasteiger partial charge in [-0.05, 0) is 118 Å². The first kappa shape index (κ1) is 32.5. The van der Waals surface area contributed by atoms with Gasteiger partial charge in [-0.1, -0.05) is 24.6 Å². The smallest absolute Gasteiger partial charge is 0.264 e. The number of fused-ring (bicyclic) bond motifs is 4. The van der Waals surface area contributed by atoms with Gasteiger partial charge in [-0.2, -0.15) is 0 Å². The lowest BCUT2D eigenvalue weighted by molar-refractivity contribution is -0.102. The van der Waals surface area contributed by atoms with Crippen LogP contribution in [0.4, 0.5) is 5.69 Å². The first-order valence-corrected chi connectivity index (χ1v) is 18.9. The number of carbonyl (C=O) groups excluding carboxylic acids is 1. The zero-order valence-electron chi connectivity index (χ0n) is 27.4. The van der Waals surface area contributed by atoms with Crippen molar-refractivity contribution in [2.45, 2.75) is 81.5 Å². The SMILES string of the molecule is C[C@@H]1[C@@H](C)CCC[C@](O)(c2nccn2C)[C@@H]2CC[C@H]2CN2C[C@@]3(CCCc4cc(Cl)ccc43)COc3ccc(cc32)C(=O)NS1(=O)=O. The second-order valence-corrected chi connectivity index (χ2v) is 17.0. The summed E-state index contributed by atoms with van der Waals surface area (Å²) in [5.41, 5.74) is 2.07. The summed E-state index contributed by atoms with van der Waals surface area (Å²) in [4.78, 5) is 20.5. The van der Waals surface area contributed by atoms with Crippen molar-refractivity contribution < 1.29 is 23.1 Å². The summed E-state index contributed by atoms with van der Waals surface area (Å²) in [6.07, 6.45) is 10.1. The first-order valence-electron chi connectivity index (χ1n) is 17.0. The minimum atomic E-state index is -3.96. The second kappa shape index (κ2) is 12.1. The number of imidazole rings is 1. The Morgan fingerprint density at radius 3 is 2.66 bits per heavy atom. The van der Waals surface area contributed by atoms with E-state index in [1.54, 1.807) is 31.3 Å². The largest absolute Gasteiger partial charge is 0.490 e. The molecule has 2 bridgehead atoms. The third kappa shape index (κ3) is 5.74. The number of rotatable bonds is 1. The molecule has 11 heteroatoms. The van der Waals surface area contributed by atoms with Gasteiger partial charge in [0.1, 0.15) is 17.2 Å². The lowest BCUT2D eigenvalue weighted by Gasteiger charge is -2.49. The third-order valence-corrected chi connectivity index (χ3v) is 13.9. The van der Waals surface area contributed by atoms with Crippen LogP contribution in [0.5, 0.6) is 5.75 Å². The number of aryl methyl sites for hydroxylation is 2. The van der Waals surface area contributed by atoms with Crippen LogP contribution in [0.15, 0.2) is 48.8 Å². The lowest BCUT2D eigenvalue weighted by Crippen LogP contribution is -2.52. The van der Waals surface area contributed by atoms with Crippen molar-refractivity contribution in [3.63, 3.8) is 0 Å². The summed E-state index contributed by atoms with van der Waals surface area (Å²) in [5.74, 6) is 0.610. The third-order valence-electron chi connectivity index (χ3n) is 11.7. The number of aromatic nitrogens is 2. The van der Waals surface area contributed by atoms with Crippen molar-refractivity contribution in [2.75, 3.05) is 24.6 Å². The summed E-state index contributed by atoms with van der Waals surface area (Å²) in [7, 11) is -2.03. The molecular weight excluding hydrogens is 636 g/mol. The van der Waals surface area contributed by atoms with Gasteiger partial charge in [0.15, 0.2) is 0 Å². The second-order valence-electron chi connectivity index (χ2n) is 14.6. The molecule has 4 aliphatic rings. The molecule has 6 atom stereocenters. The van der Waals surface area contributed by atoms with Crippen molar-refractivity contribution in [3.8, 4) is 5.75 Å². The molecule has 3 aromatic rings. The van der Waals surface area contributed by atoms with Crippen molar-refractivity contribution in [3.05, 3.63) is 76.3 Å². The molecule has 1 saturated carbocycles. The molecule has 2 N–H and O–H groups in total. The maximum absolute atomic E-state index is 13.5. The molecule has 47 heavy (non-hydrogen) atoms. The maximum Gasteiger partial charge on any atom is 0.264 e. The number of hydrogen-bond acceptors (Lipinski definition) is 7. The number of carbonyl (C=O) groups is 1. The number of amides is 1. The highest BCUT2D eigenvalue weighted by atomic mass is 35.5. The average Bonchev–Trinajstić information content (AvgIpc) is 3.40. The number of nitrogens with zero attached hydrogens (tertiary/aromatic N) is 3. The monoisotopic (exact) mass is 680 g/mol. The minimum absolute atomic E-state index is 0.0273. The van der Waals surface area contributed by atoms with Crippen molar-refractivity contribution in [2.24, 2.45) is 24.8 Å². The Morgan fingerprint density at radius 1 is 1.09 bits per heavy atom. The fraction of sp³-hybridized carbons (Fsp3) is 0.556. The lowest BCUT2D eigenvalue weighted by atomic mass is 9.62. The predicted molar refractivity (Wildman–Crippen MR) is 182 cm³/mol. The number of aliphatic hydroxyl groups is 1. The molecule has 0 saturated heterocycles.